The van der Waals surface area contributed by atoms with Gasteiger partial charge in [0.1, 0.15) is 11.9 Å². The number of hydrogen-bond acceptors (Lipinski definition) is 2. The third kappa shape index (κ3) is 2.44. The van der Waals surface area contributed by atoms with E-state index >= 15 is 0 Å². The Morgan fingerprint density at radius 1 is 1.05 bits per heavy atom. The van der Waals surface area contributed by atoms with Crippen molar-refractivity contribution in [1.29, 1.82) is 0 Å². The van der Waals surface area contributed by atoms with E-state index in [0.717, 1.165) is 21.4 Å². The molecule has 1 N–H and O–H groups in total. The standard InChI is InChI=1S/C16H11BrFNO/c17-13-4-3-10-7-12(2-1-11(10)8-13)16(20)14-5-6-19-9-15(14)18/h1-9,16,20H. The highest BCUT2D eigenvalue weighted by atomic mass is 79.9. The summed E-state index contributed by atoms with van der Waals surface area (Å²) in [5.74, 6) is -0.504. The molecule has 0 saturated carbocycles. The van der Waals surface area contributed by atoms with E-state index in [0.29, 0.717) is 5.56 Å². The van der Waals surface area contributed by atoms with Gasteiger partial charge in [-0.3, -0.25) is 4.98 Å². The first-order chi connectivity index (χ1) is 9.65. The summed E-state index contributed by atoms with van der Waals surface area (Å²) in [6, 6.07) is 13.0. The summed E-state index contributed by atoms with van der Waals surface area (Å²) >= 11 is 3.42. The first kappa shape index (κ1) is 13.2. The van der Waals surface area contributed by atoms with Crippen LogP contribution in [0.1, 0.15) is 17.2 Å². The lowest BCUT2D eigenvalue weighted by Gasteiger charge is -2.13. The molecule has 100 valence electrons. The van der Waals surface area contributed by atoms with Crippen LogP contribution in [0.4, 0.5) is 4.39 Å². The van der Waals surface area contributed by atoms with Gasteiger partial charge >= 0.3 is 0 Å². The van der Waals surface area contributed by atoms with Crippen molar-refractivity contribution in [3.8, 4) is 0 Å². The summed E-state index contributed by atoms with van der Waals surface area (Å²) in [6.45, 7) is 0. The van der Waals surface area contributed by atoms with Crippen molar-refractivity contribution in [2.75, 3.05) is 0 Å². The van der Waals surface area contributed by atoms with Crippen molar-refractivity contribution in [3.05, 3.63) is 76.3 Å². The molecule has 1 heterocycles. The molecule has 0 bridgehead atoms. The lowest BCUT2D eigenvalue weighted by atomic mass is 9.99. The molecule has 2 nitrogen and oxygen atoms in total. The molecule has 2 aromatic carbocycles. The second kappa shape index (κ2) is 5.31. The maximum Gasteiger partial charge on any atom is 0.147 e. The van der Waals surface area contributed by atoms with Gasteiger partial charge in [-0.2, -0.15) is 0 Å². The maximum absolute atomic E-state index is 13.7. The van der Waals surface area contributed by atoms with Crippen molar-refractivity contribution >= 4 is 26.7 Å². The van der Waals surface area contributed by atoms with E-state index in [-0.39, 0.29) is 5.56 Å². The predicted octanol–water partition coefficient (Wildman–Crippen LogP) is 4.22. The molecule has 0 radical (unpaired) electrons. The molecule has 3 rings (SSSR count). The minimum absolute atomic E-state index is 0.233. The van der Waals surface area contributed by atoms with Crippen LogP contribution in [0.15, 0.2) is 59.3 Å². The Hall–Kier alpha value is -1.78. The van der Waals surface area contributed by atoms with Gasteiger partial charge in [0.15, 0.2) is 0 Å². The van der Waals surface area contributed by atoms with Crippen LogP contribution in [0.3, 0.4) is 0 Å². The highest BCUT2D eigenvalue weighted by Crippen LogP contribution is 2.27. The third-order valence-electron chi connectivity index (χ3n) is 3.24. The smallest absolute Gasteiger partial charge is 0.147 e. The lowest BCUT2D eigenvalue weighted by molar-refractivity contribution is 0.215. The molecule has 3 aromatic rings. The van der Waals surface area contributed by atoms with Crippen LogP contribution in [0.2, 0.25) is 0 Å². The quantitative estimate of drug-likeness (QED) is 0.762. The van der Waals surface area contributed by atoms with E-state index in [1.165, 1.54) is 12.3 Å². The van der Waals surface area contributed by atoms with Gasteiger partial charge < -0.3 is 5.11 Å². The van der Waals surface area contributed by atoms with Gasteiger partial charge in [-0.1, -0.05) is 34.1 Å². The van der Waals surface area contributed by atoms with Gasteiger partial charge in [0.2, 0.25) is 0 Å². The van der Waals surface area contributed by atoms with Crippen molar-refractivity contribution in [2.45, 2.75) is 6.10 Å². The fourth-order valence-electron chi connectivity index (χ4n) is 2.19. The Kier molecular flexibility index (Phi) is 3.51. The summed E-state index contributed by atoms with van der Waals surface area (Å²) < 4.78 is 14.7. The molecule has 0 fully saturated rings. The zero-order valence-electron chi connectivity index (χ0n) is 10.4. The van der Waals surface area contributed by atoms with Crippen molar-refractivity contribution in [1.82, 2.24) is 4.98 Å². The zero-order valence-corrected chi connectivity index (χ0v) is 12.0. The third-order valence-corrected chi connectivity index (χ3v) is 3.73. The van der Waals surface area contributed by atoms with Crippen LogP contribution in [0.25, 0.3) is 10.8 Å². The number of aliphatic hydroxyl groups excluding tert-OH is 1. The average Bonchev–Trinajstić information content (AvgIpc) is 2.46. The van der Waals surface area contributed by atoms with Gasteiger partial charge in [-0.15, -0.1) is 0 Å². The van der Waals surface area contributed by atoms with Crippen LogP contribution in [-0.4, -0.2) is 10.1 Å². The monoisotopic (exact) mass is 331 g/mol. The van der Waals surface area contributed by atoms with Crippen LogP contribution in [0.5, 0.6) is 0 Å². The van der Waals surface area contributed by atoms with Crippen molar-refractivity contribution < 1.29 is 9.50 Å². The fourth-order valence-corrected chi connectivity index (χ4v) is 2.57. The summed E-state index contributed by atoms with van der Waals surface area (Å²) in [7, 11) is 0. The number of nitrogens with zero attached hydrogens (tertiary/aromatic N) is 1. The van der Waals surface area contributed by atoms with Crippen molar-refractivity contribution in [3.63, 3.8) is 0 Å². The Bertz CT molecular complexity index is 775. The normalized spacial score (nSPS) is 12.6. The highest BCUT2D eigenvalue weighted by molar-refractivity contribution is 9.10. The lowest BCUT2D eigenvalue weighted by Crippen LogP contribution is -2.02. The van der Waals surface area contributed by atoms with Crippen LogP contribution < -0.4 is 0 Å². The van der Waals surface area contributed by atoms with E-state index in [9.17, 15) is 9.50 Å². The predicted molar refractivity (Wildman–Crippen MR) is 79.9 cm³/mol. The van der Waals surface area contributed by atoms with E-state index in [1.807, 2.05) is 30.3 Å². The molecule has 0 aliphatic rings. The summed E-state index contributed by atoms with van der Waals surface area (Å²) in [4.78, 5) is 3.69. The van der Waals surface area contributed by atoms with E-state index in [2.05, 4.69) is 20.9 Å². The molecular weight excluding hydrogens is 321 g/mol. The first-order valence-corrected chi connectivity index (χ1v) is 6.91. The number of aromatic nitrogens is 1. The molecule has 20 heavy (non-hydrogen) atoms. The Morgan fingerprint density at radius 2 is 1.80 bits per heavy atom. The number of aliphatic hydroxyl groups is 1. The van der Waals surface area contributed by atoms with E-state index < -0.39 is 11.9 Å². The molecular formula is C16H11BrFNO. The van der Waals surface area contributed by atoms with Gasteiger partial charge in [-0.05, 0) is 40.6 Å². The first-order valence-electron chi connectivity index (χ1n) is 6.12. The molecule has 0 aliphatic carbocycles. The Labute approximate surface area is 124 Å². The number of benzene rings is 2. The van der Waals surface area contributed by atoms with E-state index in [4.69, 9.17) is 0 Å². The molecule has 0 saturated heterocycles. The minimum atomic E-state index is -0.994. The molecule has 0 aliphatic heterocycles. The molecule has 0 spiro atoms. The number of rotatable bonds is 2. The second-order valence-electron chi connectivity index (χ2n) is 4.55. The Balaban J connectivity index is 2.06. The summed E-state index contributed by atoms with van der Waals surface area (Å²) in [6.07, 6.45) is 1.59. The Morgan fingerprint density at radius 3 is 2.60 bits per heavy atom. The number of pyridine rings is 1. The number of hydrogen-bond donors (Lipinski definition) is 1. The molecule has 1 unspecified atom stereocenters. The largest absolute Gasteiger partial charge is 0.384 e. The molecule has 1 atom stereocenters. The van der Waals surface area contributed by atoms with Crippen LogP contribution in [-0.2, 0) is 0 Å². The molecule has 1 aromatic heterocycles. The van der Waals surface area contributed by atoms with Crippen molar-refractivity contribution in [2.24, 2.45) is 0 Å². The van der Waals surface area contributed by atoms with Gasteiger partial charge in [0, 0.05) is 16.2 Å². The molecule has 4 heteroatoms. The SMILES string of the molecule is OC(c1ccc2cc(Br)ccc2c1)c1ccncc1F. The minimum Gasteiger partial charge on any atom is -0.384 e. The highest BCUT2D eigenvalue weighted by Gasteiger charge is 2.15. The molecule has 0 amide bonds. The summed E-state index contributed by atoms with van der Waals surface area (Å²) in [5, 5.41) is 12.4. The number of halogens is 2. The second-order valence-corrected chi connectivity index (χ2v) is 5.47. The number of fused-ring (bicyclic) bond motifs is 1. The van der Waals surface area contributed by atoms with E-state index in [1.54, 1.807) is 6.07 Å². The van der Waals surface area contributed by atoms with Crippen LogP contribution >= 0.6 is 15.9 Å². The summed E-state index contributed by atoms with van der Waals surface area (Å²) in [5.41, 5.74) is 0.890. The average molecular weight is 332 g/mol. The zero-order chi connectivity index (χ0) is 14.1. The van der Waals surface area contributed by atoms with Crippen LogP contribution in [0, 0.1) is 5.82 Å². The topological polar surface area (TPSA) is 33.1 Å². The fraction of sp³-hybridized carbons (Fsp3) is 0.0625. The maximum atomic E-state index is 13.7. The van der Waals surface area contributed by atoms with Gasteiger partial charge in [0.25, 0.3) is 0 Å². The van der Waals surface area contributed by atoms with Gasteiger partial charge in [-0.25, -0.2) is 4.39 Å². The van der Waals surface area contributed by atoms with Gasteiger partial charge in [0.05, 0.1) is 6.20 Å².